The van der Waals surface area contributed by atoms with Crippen molar-refractivity contribution in [3.8, 4) is 0 Å². The van der Waals surface area contributed by atoms with Crippen molar-refractivity contribution in [3.05, 3.63) is 65.5 Å². The van der Waals surface area contributed by atoms with E-state index in [1.54, 1.807) is 6.92 Å². The second kappa shape index (κ2) is 11.3. The molecule has 0 aliphatic heterocycles. The molecular weight excluding hydrogens is 445 g/mol. The van der Waals surface area contributed by atoms with E-state index >= 15 is 0 Å². The average molecular weight is 478 g/mol. The summed E-state index contributed by atoms with van der Waals surface area (Å²) < 4.78 is 40.0. The lowest BCUT2D eigenvalue weighted by Gasteiger charge is -2.31. The lowest BCUT2D eigenvalue weighted by atomic mass is 10.1. The molecule has 0 fully saturated rings. The Bertz CT molecular complexity index is 1070. The molecule has 0 aromatic heterocycles. The van der Waals surface area contributed by atoms with Crippen molar-refractivity contribution in [2.24, 2.45) is 5.92 Å². The maximum Gasteiger partial charge on any atom is 0.244 e. The molecule has 2 aromatic carbocycles. The lowest BCUT2D eigenvalue weighted by molar-refractivity contribution is -0.139. The summed E-state index contributed by atoms with van der Waals surface area (Å²) in [4.78, 5) is 27.4. The van der Waals surface area contributed by atoms with Crippen LogP contribution in [0.5, 0.6) is 0 Å². The van der Waals surface area contributed by atoms with Gasteiger partial charge in [0, 0.05) is 13.1 Å². The fourth-order valence-electron chi connectivity index (χ4n) is 3.17. The van der Waals surface area contributed by atoms with Gasteiger partial charge in [0.1, 0.15) is 18.4 Å². The van der Waals surface area contributed by atoms with Gasteiger partial charge in [0.2, 0.25) is 21.8 Å². The number of hydrogen-bond donors (Lipinski definition) is 1. The van der Waals surface area contributed by atoms with Crippen LogP contribution in [0.3, 0.4) is 0 Å². The van der Waals surface area contributed by atoms with E-state index in [9.17, 15) is 22.4 Å². The largest absolute Gasteiger partial charge is 0.354 e. The molecule has 9 heteroatoms. The Morgan fingerprint density at radius 3 is 2.18 bits per heavy atom. The Hall–Kier alpha value is -2.94. The topological polar surface area (TPSA) is 86.8 Å². The van der Waals surface area contributed by atoms with Gasteiger partial charge in [-0.2, -0.15) is 0 Å². The summed E-state index contributed by atoms with van der Waals surface area (Å²) in [5.74, 6) is -1.50. The normalized spacial score (nSPS) is 12.3. The van der Waals surface area contributed by atoms with Crippen LogP contribution in [-0.4, -0.2) is 50.5 Å². The van der Waals surface area contributed by atoms with E-state index in [4.69, 9.17) is 0 Å². The summed E-state index contributed by atoms with van der Waals surface area (Å²) >= 11 is 0. The highest BCUT2D eigenvalue weighted by molar-refractivity contribution is 7.92. The predicted molar refractivity (Wildman–Crippen MR) is 128 cm³/mol. The highest BCUT2D eigenvalue weighted by Crippen LogP contribution is 2.22. The number of rotatable bonds is 10. The highest BCUT2D eigenvalue weighted by Gasteiger charge is 2.30. The first kappa shape index (κ1) is 26.3. The van der Waals surface area contributed by atoms with Gasteiger partial charge < -0.3 is 10.2 Å². The van der Waals surface area contributed by atoms with Gasteiger partial charge in [0.05, 0.1) is 11.9 Å². The Labute approximate surface area is 195 Å². The minimum absolute atomic E-state index is 0.101. The van der Waals surface area contributed by atoms with Gasteiger partial charge in [-0.3, -0.25) is 13.9 Å². The minimum Gasteiger partial charge on any atom is -0.354 e. The second-order valence-electron chi connectivity index (χ2n) is 8.54. The molecule has 7 nitrogen and oxygen atoms in total. The van der Waals surface area contributed by atoms with Crippen molar-refractivity contribution in [2.45, 2.75) is 40.3 Å². The third-order valence-electron chi connectivity index (χ3n) is 5.13. The van der Waals surface area contributed by atoms with E-state index in [0.717, 1.165) is 27.8 Å². The number of anilines is 1. The Morgan fingerprint density at radius 2 is 1.64 bits per heavy atom. The van der Waals surface area contributed by atoms with Crippen molar-refractivity contribution in [1.29, 1.82) is 0 Å². The lowest BCUT2D eigenvalue weighted by Crippen LogP contribution is -2.51. The van der Waals surface area contributed by atoms with Crippen LogP contribution in [0.4, 0.5) is 10.1 Å². The van der Waals surface area contributed by atoms with Crippen molar-refractivity contribution >= 4 is 27.5 Å². The van der Waals surface area contributed by atoms with Gasteiger partial charge >= 0.3 is 0 Å². The predicted octanol–water partition coefficient (Wildman–Crippen LogP) is 3.09. The summed E-state index contributed by atoms with van der Waals surface area (Å²) in [6.07, 6.45) is 0.913. The number of amides is 2. The third-order valence-corrected chi connectivity index (χ3v) is 6.25. The fraction of sp³-hybridized carbons (Fsp3) is 0.417. The molecule has 0 saturated carbocycles. The SMILES string of the molecule is Cc1ccc(CN(C(=O)CN(c2ccccc2F)S(C)(=O)=O)C(C)C(=O)NCC(C)C)cc1. The minimum atomic E-state index is -3.97. The smallest absolute Gasteiger partial charge is 0.244 e. The second-order valence-corrected chi connectivity index (χ2v) is 10.5. The summed E-state index contributed by atoms with van der Waals surface area (Å²) in [5.41, 5.74) is 1.61. The van der Waals surface area contributed by atoms with Crippen LogP contribution in [0.2, 0.25) is 0 Å². The number of carbonyl (C=O) groups is 2. The first-order valence-electron chi connectivity index (χ1n) is 10.7. The zero-order valence-electron chi connectivity index (χ0n) is 19.7. The molecule has 2 amide bonds. The van der Waals surface area contributed by atoms with Gasteiger partial charge in [-0.05, 0) is 37.5 Å². The fourth-order valence-corrected chi connectivity index (χ4v) is 4.02. The van der Waals surface area contributed by atoms with Crippen LogP contribution < -0.4 is 9.62 Å². The van der Waals surface area contributed by atoms with E-state index in [1.807, 2.05) is 45.0 Å². The van der Waals surface area contributed by atoms with Crippen LogP contribution in [-0.2, 0) is 26.2 Å². The number of carbonyl (C=O) groups excluding carboxylic acids is 2. The number of hydrogen-bond acceptors (Lipinski definition) is 4. The Kier molecular flexibility index (Phi) is 8.99. The van der Waals surface area contributed by atoms with E-state index in [0.29, 0.717) is 6.54 Å². The Morgan fingerprint density at radius 1 is 1.03 bits per heavy atom. The molecule has 180 valence electrons. The molecule has 0 spiro atoms. The van der Waals surface area contributed by atoms with Crippen molar-refractivity contribution < 1.29 is 22.4 Å². The van der Waals surface area contributed by atoms with Crippen LogP contribution in [0, 0.1) is 18.7 Å². The number of para-hydroxylation sites is 1. The van der Waals surface area contributed by atoms with Crippen LogP contribution in [0.15, 0.2) is 48.5 Å². The van der Waals surface area contributed by atoms with E-state index in [2.05, 4.69) is 5.32 Å². The van der Waals surface area contributed by atoms with Crippen molar-refractivity contribution in [3.63, 3.8) is 0 Å². The molecule has 0 bridgehead atoms. The zero-order valence-corrected chi connectivity index (χ0v) is 20.5. The quantitative estimate of drug-likeness (QED) is 0.570. The van der Waals surface area contributed by atoms with Gasteiger partial charge in [-0.1, -0.05) is 55.8 Å². The first-order valence-corrected chi connectivity index (χ1v) is 12.6. The molecule has 0 aliphatic rings. The van der Waals surface area contributed by atoms with Crippen molar-refractivity contribution in [1.82, 2.24) is 10.2 Å². The number of nitrogens with one attached hydrogen (secondary N) is 1. The first-order chi connectivity index (χ1) is 15.4. The molecule has 0 aliphatic carbocycles. The summed E-state index contributed by atoms with van der Waals surface area (Å²) in [7, 11) is -3.97. The van der Waals surface area contributed by atoms with E-state index in [-0.39, 0.29) is 24.1 Å². The highest BCUT2D eigenvalue weighted by atomic mass is 32.2. The molecule has 0 heterocycles. The Balaban J connectivity index is 2.36. The van der Waals surface area contributed by atoms with Crippen LogP contribution in [0.1, 0.15) is 31.9 Å². The monoisotopic (exact) mass is 477 g/mol. The van der Waals surface area contributed by atoms with Gasteiger partial charge in [0.25, 0.3) is 0 Å². The summed E-state index contributed by atoms with van der Waals surface area (Å²) in [6, 6.07) is 12.0. The molecule has 0 saturated heterocycles. The van der Waals surface area contributed by atoms with Crippen LogP contribution >= 0.6 is 0 Å². The molecule has 33 heavy (non-hydrogen) atoms. The van der Waals surface area contributed by atoms with Gasteiger partial charge in [-0.15, -0.1) is 0 Å². The molecule has 1 N–H and O–H groups in total. The standard InChI is InChI=1S/C24H32FN3O4S/c1-17(2)14-26-24(30)19(4)27(15-20-12-10-18(3)11-13-20)23(29)16-28(33(5,31)32)22-9-7-6-8-21(22)25/h6-13,17,19H,14-16H2,1-5H3,(H,26,30). The maximum absolute atomic E-state index is 14.4. The molecule has 2 aromatic rings. The number of sulfonamides is 1. The van der Waals surface area contributed by atoms with Gasteiger partial charge in [0.15, 0.2) is 0 Å². The van der Waals surface area contributed by atoms with Gasteiger partial charge in [-0.25, -0.2) is 12.8 Å². The number of halogens is 1. The van der Waals surface area contributed by atoms with E-state index < -0.39 is 34.3 Å². The molecule has 1 atom stereocenters. The van der Waals surface area contributed by atoms with Crippen molar-refractivity contribution in [2.75, 3.05) is 23.7 Å². The number of benzene rings is 2. The summed E-state index contributed by atoms with van der Waals surface area (Å²) in [6.45, 7) is 7.36. The molecule has 1 unspecified atom stereocenters. The maximum atomic E-state index is 14.4. The average Bonchev–Trinajstić information content (AvgIpc) is 2.74. The van der Waals surface area contributed by atoms with E-state index in [1.165, 1.54) is 23.1 Å². The number of nitrogens with zero attached hydrogens (tertiary/aromatic N) is 2. The molecule has 2 rings (SSSR count). The number of aryl methyl sites for hydroxylation is 1. The molecular formula is C24H32FN3O4S. The third kappa shape index (κ3) is 7.56. The zero-order chi connectivity index (χ0) is 24.8. The summed E-state index contributed by atoms with van der Waals surface area (Å²) in [5, 5.41) is 2.81. The molecule has 0 radical (unpaired) electrons. The van der Waals surface area contributed by atoms with Crippen LogP contribution in [0.25, 0.3) is 0 Å².